The lowest BCUT2D eigenvalue weighted by atomic mass is 10.1. The SMILES string of the molecule is O=C(O)c1ccccc1COc1cccc(/C=C2\NC(=S)N(c3ccccc3F)C2=O)c1. The van der Waals surface area contributed by atoms with Crippen molar-refractivity contribution in [1.82, 2.24) is 5.32 Å². The molecule has 1 saturated heterocycles. The molecule has 1 aliphatic rings. The van der Waals surface area contributed by atoms with E-state index in [0.29, 0.717) is 16.9 Å². The zero-order valence-corrected chi connectivity index (χ0v) is 17.4. The first kappa shape index (κ1) is 21.2. The van der Waals surface area contributed by atoms with Crippen LogP contribution in [0.1, 0.15) is 21.5 Å². The van der Waals surface area contributed by atoms with Crippen LogP contribution in [0.2, 0.25) is 0 Å². The van der Waals surface area contributed by atoms with E-state index in [1.165, 1.54) is 24.3 Å². The van der Waals surface area contributed by atoms with Crippen molar-refractivity contribution in [2.75, 3.05) is 4.90 Å². The number of hydrogen-bond donors (Lipinski definition) is 2. The maximum atomic E-state index is 14.1. The largest absolute Gasteiger partial charge is 0.489 e. The van der Waals surface area contributed by atoms with E-state index in [4.69, 9.17) is 17.0 Å². The second kappa shape index (κ2) is 8.99. The van der Waals surface area contributed by atoms with Gasteiger partial charge in [-0.25, -0.2) is 14.1 Å². The van der Waals surface area contributed by atoms with Crippen LogP contribution in [0.5, 0.6) is 5.75 Å². The lowest BCUT2D eigenvalue weighted by molar-refractivity contribution is -0.113. The molecule has 6 nitrogen and oxygen atoms in total. The van der Waals surface area contributed by atoms with Gasteiger partial charge in [0.05, 0.1) is 11.3 Å². The van der Waals surface area contributed by atoms with Crippen molar-refractivity contribution in [3.63, 3.8) is 0 Å². The first-order valence-corrected chi connectivity index (χ1v) is 10.0. The zero-order valence-electron chi connectivity index (χ0n) is 16.6. The highest BCUT2D eigenvalue weighted by Crippen LogP contribution is 2.26. The molecule has 0 radical (unpaired) electrons. The highest BCUT2D eigenvalue weighted by atomic mass is 32.1. The van der Waals surface area contributed by atoms with Crippen molar-refractivity contribution >= 4 is 41.0 Å². The monoisotopic (exact) mass is 448 g/mol. The molecule has 0 bridgehead atoms. The Hall–Kier alpha value is -4.04. The van der Waals surface area contributed by atoms with Gasteiger partial charge in [-0.2, -0.15) is 0 Å². The Morgan fingerprint density at radius 3 is 2.62 bits per heavy atom. The molecular weight excluding hydrogens is 431 g/mol. The standard InChI is InChI=1S/C24H17FN2O4S/c25-19-10-3-4-11-21(19)27-22(28)20(26-24(27)32)13-15-6-5-8-17(12-15)31-14-16-7-1-2-9-18(16)23(29)30/h1-13H,14H2,(H,26,32)(H,29,30)/b20-13-. The lowest BCUT2D eigenvalue weighted by Gasteiger charge is -2.14. The van der Waals surface area contributed by atoms with Crippen LogP contribution in [0.25, 0.3) is 6.08 Å². The van der Waals surface area contributed by atoms with Gasteiger partial charge in [0, 0.05) is 5.56 Å². The van der Waals surface area contributed by atoms with E-state index in [9.17, 15) is 19.1 Å². The minimum absolute atomic E-state index is 0.0742. The summed E-state index contributed by atoms with van der Waals surface area (Å²) in [6.07, 6.45) is 1.59. The molecule has 8 heteroatoms. The lowest BCUT2D eigenvalue weighted by Crippen LogP contribution is -2.31. The van der Waals surface area contributed by atoms with Gasteiger partial charge in [0.25, 0.3) is 5.91 Å². The molecule has 1 heterocycles. The molecule has 0 spiro atoms. The first-order chi connectivity index (χ1) is 15.4. The number of benzene rings is 3. The summed E-state index contributed by atoms with van der Waals surface area (Å²) in [5.41, 5.74) is 1.65. The van der Waals surface area contributed by atoms with E-state index in [2.05, 4.69) is 5.32 Å². The molecule has 4 rings (SSSR count). The third-order valence-electron chi connectivity index (χ3n) is 4.78. The molecule has 1 fully saturated rings. The van der Waals surface area contributed by atoms with Crippen LogP contribution in [0.4, 0.5) is 10.1 Å². The Labute approximate surface area is 188 Å². The average molecular weight is 448 g/mol. The number of carbonyl (C=O) groups excluding carboxylic acids is 1. The number of nitrogens with one attached hydrogen (secondary N) is 1. The topological polar surface area (TPSA) is 78.9 Å². The number of para-hydroxylation sites is 1. The number of carboxylic acid groups (broad SMARTS) is 1. The Morgan fingerprint density at radius 1 is 1.09 bits per heavy atom. The number of amides is 1. The predicted molar refractivity (Wildman–Crippen MR) is 122 cm³/mol. The summed E-state index contributed by atoms with van der Waals surface area (Å²) in [6, 6.07) is 19.5. The summed E-state index contributed by atoms with van der Waals surface area (Å²) in [5.74, 6) is -1.55. The zero-order chi connectivity index (χ0) is 22.7. The highest BCUT2D eigenvalue weighted by molar-refractivity contribution is 7.80. The van der Waals surface area contributed by atoms with Crippen LogP contribution in [0.15, 0.2) is 78.5 Å². The second-order valence-corrected chi connectivity index (χ2v) is 7.29. The van der Waals surface area contributed by atoms with Crippen LogP contribution in [-0.2, 0) is 11.4 Å². The molecule has 1 amide bonds. The van der Waals surface area contributed by atoms with Crippen molar-refractivity contribution in [3.8, 4) is 5.75 Å². The number of thiocarbonyl (C=S) groups is 1. The molecule has 160 valence electrons. The van der Waals surface area contributed by atoms with Crippen molar-refractivity contribution in [2.24, 2.45) is 0 Å². The third kappa shape index (κ3) is 4.35. The van der Waals surface area contributed by atoms with E-state index in [0.717, 1.165) is 4.90 Å². The number of aromatic carboxylic acids is 1. The van der Waals surface area contributed by atoms with Crippen LogP contribution < -0.4 is 15.0 Å². The van der Waals surface area contributed by atoms with Crippen molar-refractivity contribution in [2.45, 2.75) is 6.61 Å². The Kier molecular flexibility index (Phi) is 5.96. The molecule has 0 unspecified atom stereocenters. The minimum atomic E-state index is -1.02. The Morgan fingerprint density at radius 2 is 1.84 bits per heavy atom. The van der Waals surface area contributed by atoms with Gasteiger partial charge in [0.2, 0.25) is 0 Å². The van der Waals surface area contributed by atoms with Gasteiger partial charge in [-0.1, -0.05) is 42.5 Å². The quantitative estimate of drug-likeness (QED) is 0.431. The van der Waals surface area contributed by atoms with Crippen LogP contribution in [0.3, 0.4) is 0 Å². The normalized spacial score (nSPS) is 14.5. The molecule has 0 saturated carbocycles. The summed E-state index contributed by atoms with van der Waals surface area (Å²) >= 11 is 5.22. The van der Waals surface area contributed by atoms with Crippen LogP contribution >= 0.6 is 12.2 Å². The number of nitrogens with zero attached hydrogens (tertiary/aromatic N) is 1. The van der Waals surface area contributed by atoms with Gasteiger partial charge >= 0.3 is 5.97 Å². The third-order valence-corrected chi connectivity index (χ3v) is 5.07. The smallest absolute Gasteiger partial charge is 0.336 e. The van der Waals surface area contributed by atoms with E-state index >= 15 is 0 Å². The van der Waals surface area contributed by atoms with Crippen LogP contribution in [-0.4, -0.2) is 22.1 Å². The molecule has 3 aromatic carbocycles. The van der Waals surface area contributed by atoms with E-state index in [1.54, 1.807) is 54.6 Å². The Balaban J connectivity index is 1.53. The van der Waals surface area contributed by atoms with Gasteiger partial charge < -0.3 is 15.2 Å². The number of carboxylic acids is 1. The number of halogens is 1. The molecule has 32 heavy (non-hydrogen) atoms. The number of hydrogen-bond acceptors (Lipinski definition) is 4. The van der Waals surface area contributed by atoms with Crippen LogP contribution in [0, 0.1) is 5.82 Å². The van der Waals surface area contributed by atoms with Gasteiger partial charge in [-0.15, -0.1) is 0 Å². The molecule has 1 aliphatic heterocycles. The molecular formula is C24H17FN2O4S. The first-order valence-electron chi connectivity index (χ1n) is 9.60. The maximum Gasteiger partial charge on any atom is 0.336 e. The molecule has 0 aliphatic carbocycles. The number of rotatable bonds is 6. The highest BCUT2D eigenvalue weighted by Gasteiger charge is 2.33. The number of ether oxygens (including phenoxy) is 1. The van der Waals surface area contributed by atoms with Gasteiger partial charge in [0.15, 0.2) is 5.11 Å². The van der Waals surface area contributed by atoms with Gasteiger partial charge in [-0.3, -0.25) is 4.79 Å². The second-order valence-electron chi connectivity index (χ2n) is 6.90. The predicted octanol–water partition coefficient (Wildman–Crippen LogP) is 4.37. The molecule has 0 atom stereocenters. The summed E-state index contributed by atoms with van der Waals surface area (Å²) in [4.78, 5) is 25.3. The fourth-order valence-corrected chi connectivity index (χ4v) is 3.55. The van der Waals surface area contributed by atoms with Crippen molar-refractivity contribution in [3.05, 3.63) is 101 Å². The fraction of sp³-hybridized carbons (Fsp3) is 0.0417. The van der Waals surface area contributed by atoms with E-state index in [1.807, 2.05) is 0 Å². The van der Waals surface area contributed by atoms with E-state index in [-0.39, 0.29) is 28.7 Å². The molecule has 2 N–H and O–H groups in total. The summed E-state index contributed by atoms with van der Waals surface area (Å²) in [6.45, 7) is 0.0742. The molecule has 3 aromatic rings. The van der Waals surface area contributed by atoms with Crippen molar-refractivity contribution in [1.29, 1.82) is 0 Å². The van der Waals surface area contributed by atoms with Gasteiger partial charge in [0.1, 0.15) is 23.9 Å². The summed E-state index contributed by atoms with van der Waals surface area (Å²) in [5, 5.41) is 12.2. The van der Waals surface area contributed by atoms with Crippen molar-refractivity contribution < 1.29 is 23.8 Å². The fourth-order valence-electron chi connectivity index (χ4n) is 3.26. The minimum Gasteiger partial charge on any atom is -0.489 e. The summed E-state index contributed by atoms with van der Waals surface area (Å²) in [7, 11) is 0. The summed E-state index contributed by atoms with van der Waals surface area (Å²) < 4.78 is 19.9. The van der Waals surface area contributed by atoms with Gasteiger partial charge in [-0.05, 0) is 54.2 Å². The maximum absolute atomic E-state index is 14.1. The average Bonchev–Trinajstić information content (AvgIpc) is 3.06. The molecule has 0 aromatic heterocycles. The number of carbonyl (C=O) groups is 2. The van der Waals surface area contributed by atoms with E-state index < -0.39 is 17.7 Å². The Bertz CT molecular complexity index is 1260. The number of anilines is 1.